The maximum Gasteiger partial charge on any atom is 0.0589 e. The van der Waals surface area contributed by atoms with Crippen molar-refractivity contribution in [3.63, 3.8) is 0 Å². The molecule has 1 aliphatic rings. The number of nitrogen functional groups attached to an aromatic ring is 1. The van der Waals surface area contributed by atoms with Gasteiger partial charge in [-0.05, 0) is 38.0 Å². The number of ether oxygens (including phenoxy) is 1. The minimum atomic E-state index is 0.0904. The molecule has 1 aromatic carbocycles. The van der Waals surface area contributed by atoms with Crippen LogP contribution >= 0.6 is 15.9 Å². The van der Waals surface area contributed by atoms with Gasteiger partial charge in [-0.2, -0.15) is 0 Å². The first-order valence-electron chi connectivity index (χ1n) is 5.50. The van der Waals surface area contributed by atoms with E-state index >= 15 is 0 Å². The summed E-state index contributed by atoms with van der Waals surface area (Å²) in [4.78, 5) is 0. The van der Waals surface area contributed by atoms with E-state index in [0.717, 1.165) is 41.9 Å². The Morgan fingerprint density at radius 2 is 2.06 bits per heavy atom. The molecule has 0 radical (unpaired) electrons. The van der Waals surface area contributed by atoms with Crippen molar-refractivity contribution in [3.8, 4) is 0 Å². The zero-order valence-electron chi connectivity index (χ0n) is 9.42. The zero-order valence-corrected chi connectivity index (χ0v) is 11.0. The number of nitrogens with one attached hydrogen (secondary N) is 1. The third-order valence-electron chi connectivity index (χ3n) is 3.05. The molecule has 2 rings (SSSR count). The van der Waals surface area contributed by atoms with Crippen molar-refractivity contribution in [1.29, 1.82) is 0 Å². The monoisotopic (exact) mass is 284 g/mol. The van der Waals surface area contributed by atoms with Gasteiger partial charge < -0.3 is 15.8 Å². The highest BCUT2D eigenvalue weighted by atomic mass is 79.9. The molecule has 1 heterocycles. The van der Waals surface area contributed by atoms with Crippen LogP contribution in [0, 0.1) is 0 Å². The van der Waals surface area contributed by atoms with Crippen molar-refractivity contribution in [3.05, 3.63) is 22.7 Å². The topological polar surface area (TPSA) is 47.3 Å². The molecule has 1 fully saturated rings. The van der Waals surface area contributed by atoms with E-state index in [-0.39, 0.29) is 5.54 Å². The van der Waals surface area contributed by atoms with Crippen LogP contribution in [-0.2, 0) is 4.74 Å². The van der Waals surface area contributed by atoms with Crippen molar-refractivity contribution >= 4 is 27.3 Å². The molecule has 0 aliphatic carbocycles. The second-order valence-electron chi connectivity index (χ2n) is 4.53. The van der Waals surface area contributed by atoms with E-state index in [4.69, 9.17) is 10.5 Å². The van der Waals surface area contributed by atoms with Crippen LogP contribution in [0.3, 0.4) is 0 Å². The summed E-state index contributed by atoms with van der Waals surface area (Å²) in [7, 11) is 0. The van der Waals surface area contributed by atoms with Gasteiger partial charge in [0, 0.05) is 23.2 Å². The lowest BCUT2D eigenvalue weighted by Crippen LogP contribution is -2.40. The first-order chi connectivity index (χ1) is 7.59. The normalized spacial score (nSPS) is 19.4. The van der Waals surface area contributed by atoms with Crippen molar-refractivity contribution in [2.24, 2.45) is 0 Å². The molecule has 0 amide bonds. The van der Waals surface area contributed by atoms with E-state index < -0.39 is 0 Å². The standard InChI is InChI=1S/C12H17BrN2O/c1-12(4-6-16-7-5-12)15-11-8-9(13)2-3-10(11)14/h2-3,8,15H,4-7,14H2,1H3. The smallest absolute Gasteiger partial charge is 0.0589 e. The summed E-state index contributed by atoms with van der Waals surface area (Å²) >= 11 is 3.46. The Hall–Kier alpha value is -0.740. The highest BCUT2D eigenvalue weighted by Crippen LogP contribution is 2.30. The maximum absolute atomic E-state index is 5.95. The van der Waals surface area contributed by atoms with Gasteiger partial charge in [0.2, 0.25) is 0 Å². The summed E-state index contributed by atoms with van der Waals surface area (Å²) in [5, 5.41) is 3.53. The van der Waals surface area contributed by atoms with Crippen molar-refractivity contribution in [2.45, 2.75) is 25.3 Å². The average Bonchev–Trinajstić information content (AvgIpc) is 2.24. The summed E-state index contributed by atoms with van der Waals surface area (Å²) < 4.78 is 6.42. The molecular weight excluding hydrogens is 268 g/mol. The molecule has 0 atom stereocenters. The number of halogens is 1. The van der Waals surface area contributed by atoms with Crippen molar-refractivity contribution < 1.29 is 4.74 Å². The van der Waals surface area contributed by atoms with Gasteiger partial charge in [0.15, 0.2) is 0 Å². The van der Waals surface area contributed by atoms with Gasteiger partial charge in [-0.15, -0.1) is 0 Å². The largest absolute Gasteiger partial charge is 0.397 e. The van der Waals surface area contributed by atoms with E-state index in [2.05, 4.69) is 28.2 Å². The molecule has 0 unspecified atom stereocenters. The van der Waals surface area contributed by atoms with Crippen LogP contribution in [0.4, 0.5) is 11.4 Å². The lowest BCUT2D eigenvalue weighted by atomic mass is 9.92. The highest BCUT2D eigenvalue weighted by molar-refractivity contribution is 9.10. The van der Waals surface area contributed by atoms with Crippen molar-refractivity contribution in [2.75, 3.05) is 24.3 Å². The predicted octanol–water partition coefficient (Wildman–Crippen LogP) is 3.01. The van der Waals surface area contributed by atoms with Crippen LogP contribution in [0.2, 0.25) is 0 Å². The van der Waals surface area contributed by atoms with Crippen LogP contribution in [0.15, 0.2) is 22.7 Å². The van der Waals surface area contributed by atoms with Crippen LogP contribution in [-0.4, -0.2) is 18.8 Å². The summed E-state index contributed by atoms with van der Waals surface area (Å²) in [6, 6.07) is 5.89. The lowest BCUT2D eigenvalue weighted by molar-refractivity contribution is 0.0658. The fourth-order valence-corrected chi connectivity index (χ4v) is 2.27. The van der Waals surface area contributed by atoms with Crippen LogP contribution < -0.4 is 11.1 Å². The summed E-state index contributed by atoms with van der Waals surface area (Å²) in [6.45, 7) is 3.85. The fraction of sp³-hybridized carbons (Fsp3) is 0.500. The molecule has 3 nitrogen and oxygen atoms in total. The third-order valence-corrected chi connectivity index (χ3v) is 3.54. The van der Waals surface area contributed by atoms with Gasteiger partial charge in [-0.25, -0.2) is 0 Å². The summed E-state index contributed by atoms with van der Waals surface area (Å²) in [6.07, 6.45) is 2.03. The van der Waals surface area contributed by atoms with E-state index in [1.54, 1.807) is 0 Å². The van der Waals surface area contributed by atoms with Gasteiger partial charge in [0.05, 0.1) is 11.4 Å². The first-order valence-corrected chi connectivity index (χ1v) is 6.29. The first kappa shape index (κ1) is 11.7. The quantitative estimate of drug-likeness (QED) is 0.821. The third kappa shape index (κ3) is 2.68. The second kappa shape index (κ2) is 4.63. The molecule has 1 saturated heterocycles. The average molecular weight is 285 g/mol. The Bertz CT molecular complexity index is 375. The molecule has 88 valence electrons. The Labute approximate surface area is 104 Å². The minimum absolute atomic E-state index is 0.0904. The Kier molecular flexibility index (Phi) is 3.40. The van der Waals surface area contributed by atoms with Crippen LogP contribution in [0.1, 0.15) is 19.8 Å². The number of hydrogen-bond donors (Lipinski definition) is 2. The summed E-state index contributed by atoms with van der Waals surface area (Å²) in [5.74, 6) is 0. The molecule has 0 spiro atoms. The highest BCUT2D eigenvalue weighted by Gasteiger charge is 2.27. The minimum Gasteiger partial charge on any atom is -0.397 e. The molecular formula is C12H17BrN2O. The number of nitrogens with two attached hydrogens (primary N) is 1. The zero-order chi connectivity index (χ0) is 11.6. The van der Waals surface area contributed by atoms with Gasteiger partial charge in [-0.1, -0.05) is 15.9 Å². The van der Waals surface area contributed by atoms with Crippen LogP contribution in [0.5, 0.6) is 0 Å². The fourth-order valence-electron chi connectivity index (χ4n) is 1.91. The van der Waals surface area contributed by atoms with Crippen LogP contribution in [0.25, 0.3) is 0 Å². The molecule has 0 saturated carbocycles. The van der Waals surface area contributed by atoms with Gasteiger partial charge >= 0.3 is 0 Å². The molecule has 1 aliphatic heterocycles. The van der Waals surface area contributed by atoms with E-state index in [1.807, 2.05) is 18.2 Å². The molecule has 0 aromatic heterocycles. The van der Waals surface area contributed by atoms with E-state index in [9.17, 15) is 0 Å². The number of benzene rings is 1. The number of hydrogen-bond acceptors (Lipinski definition) is 3. The number of anilines is 2. The predicted molar refractivity (Wildman–Crippen MR) is 70.6 cm³/mol. The van der Waals surface area contributed by atoms with Gasteiger partial charge in [0.25, 0.3) is 0 Å². The molecule has 0 bridgehead atoms. The number of rotatable bonds is 2. The van der Waals surface area contributed by atoms with E-state index in [0.29, 0.717) is 0 Å². The molecule has 3 N–H and O–H groups in total. The lowest BCUT2D eigenvalue weighted by Gasteiger charge is -2.35. The SMILES string of the molecule is CC1(Nc2cc(Br)ccc2N)CCOCC1. The van der Waals surface area contributed by atoms with E-state index in [1.165, 1.54) is 0 Å². The second-order valence-corrected chi connectivity index (χ2v) is 5.45. The molecule has 1 aromatic rings. The Morgan fingerprint density at radius 1 is 1.38 bits per heavy atom. The Morgan fingerprint density at radius 3 is 2.75 bits per heavy atom. The van der Waals surface area contributed by atoms with Gasteiger partial charge in [0.1, 0.15) is 0 Å². The Balaban J connectivity index is 2.15. The maximum atomic E-state index is 5.95. The summed E-state index contributed by atoms with van der Waals surface area (Å²) in [5.41, 5.74) is 7.83. The molecule has 16 heavy (non-hydrogen) atoms. The molecule has 4 heteroatoms. The van der Waals surface area contributed by atoms with Gasteiger partial charge in [-0.3, -0.25) is 0 Å². The van der Waals surface area contributed by atoms with Crippen molar-refractivity contribution in [1.82, 2.24) is 0 Å².